The largest absolute Gasteiger partial charge is 0.459 e. The SMILES string of the molecule is O=C(c1ccco1)N1CC[NH+](C[C@H]2C[C@@H]3C=C[C@H]2C3)CC1. The Morgan fingerprint density at radius 1 is 1.29 bits per heavy atom. The number of allylic oxidation sites excluding steroid dienone is 2. The minimum Gasteiger partial charge on any atom is -0.459 e. The summed E-state index contributed by atoms with van der Waals surface area (Å²) < 4.78 is 5.21. The number of rotatable bonds is 3. The number of carbonyl (C=O) groups excluding carboxylic acids is 1. The van der Waals surface area contributed by atoms with Gasteiger partial charge in [0.1, 0.15) is 0 Å². The third-order valence-corrected chi connectivity index (χ3v) is 5.46. The van der Waals surface area contributed by atoms with E-state index >= 15 is 0 Å². The van der Waals surface area contributed by atoms with Gasteiger partial charge < -0.3 is 14.2 Å². The molecule has 0 unspecified atom stereocenters. The number of amides is 1. The van der Waals surface area contributed by atoms with Gasteiger partial charge in [-0.15, -0.1) is 0 Å². The molecule has 21 heavy (non-hydrogen) atoms. The zero-order valence-electron chi connectivity index (χ0n) is 12.3. The van der Waals surface area contributed by atoms with E-state index in [-0.39, 0.29) is 5.91 Å². The van der Waals surface area contributed by atoms with Gasteiger partial charge in [0.15, 0.2) is 5.76 Å². The third-order valence-electron chi connectivity index (χ3n) is 5.46. The van der Waals surface area contributed by atoms with Crippen molar-refractivity contribution in [2.75, 3.05) is 32.7 Å². The highest BCUT2D eigenvalue weighted by Crippen LogP contribution is 2.42. The van der Waals surface area contributed by atoms with Gasteiger partial charge in [-0.25, -0.2) is 0 Å². The molecule has 2 fully saturated rings. The maximum absolute atomic E-state index is 12.2. The van der Waals surface area contributed by atoms with Crippen LogP contribution in [0.2, 0.25) is 0 Å². The molecule has 0 radical (unpaired) electrons. The van der Waals surface area contributed by atoms with Gasteiger partial charge >= 0.3 is 0 Å². The molecule has 1 aliphatic heterocycles. The Morgan fingerprint density at radius 2 is 2.14 bits per heavy atom. The van der Waals surface area contributed by atoms with Crippen LogP contribution in [0.4, 0.5) is 0 Å². The van der Waals surface area contributed by atoms with Crippen molar-refractivity contribution in [1.82, 2.24) is 4.90 Å². The Kier molecular flexibility index (Phi) is 3.34. The highest BCUT2D eigenvalue weighted by Gasteiger charge is 2.38. The average Bonchev–Trinajstić information content (AvgIpc) is 3.25. The summed E-state index contributed by atoms with van der Waals surface area (Å²) in [6, 6.07) is 3.53. The summed E-state index contributed by atoms with van der Waals surface area (Å²) in [5.74, 6) is 3.09. The van der Waals surface area contributed by atoms with Gasteiger partial charge in [-0.3, -0.25) is 4.79 Å². The molecule has 3 aliphatic rings. The summed E-state index contributed by atoms with van der Waals surface area (Å²) in [7, 11) is 0. The lowest BCUT2D eigenvalue weighted by Crippen LogP contribution is -3.15. The molecule has 1 amide bonds. The molecule has 3 atom stereocenters. The van der Waals surface area contributed by atoms with Crippen molar-refractivity contribution >= 4 is 5.91 Å². The molecule has 1 aromatic rings. The molecule has 4 nitrogen and oxygen atoms in total. The highest BCUT2D eigenvalue weighted by molar-refractivity contribution is 5.91. The summed E-state index contributed by atoms with van der Waals surface area (Å²) in [5.41, 5.74) is 0. The number of carbonyl (C=O) groups is 1. The van der Waals surface area contributed by atoms with Crippen molar-refractivity contribution in [2.24, 2.45) is 17.8 Å². The molecule has 2 heterocycles. The van der Waals surface area contributed by atoms with E-state index in [1.54, 1.807) is 23.3 Å². The van der Waals surface area contributed by atoms with Crippen LogP contribution >= 0.6 is 0 Å². The van der Waals surface area contributed by atoms with E-state index in [0.717, 1.165) is 43.9 Å². The Morgan fingerprint density at radius 3 is 2.76 bits per heavy atom. The van der Waals surface area contributed by atoms with Gasteiger partial charge in [-0.1, -0.05) is 12.2 Å². The second-order valence-corrected chi connectivity index (χ2v) is 6.76. The predicted octanol–water partition coefficient (Wildman–Crippen LogP) is 0.832. The maximum Gasteiger partial charge on any atom is 0.289 e. The number of quaternary nitrogens is 1. The van der Waals surface area contributed by atoms with Crippen molar-refractivity contribution in [3.05, 3.63) is 36.3 Å². The minimum atomic E-state index is 0.0434. The molecule has 2 bridgehead atoms. The molecule has 4 rings (SSSR count). The van der Waals surface area contributed by atoms with E-state index in [1.165, 1.54) is 19.4 Å². The maximum atomic E-state index is 12.2. The van der Waals surface area contributed by atoms with Gasteiger partial charge in [0.05, 0.1) is 39.0 Å². The van der Waals surface area contributed by atoms with Crippen LogP contribution in [0.1, 0.15) is 23.4 Å². The van der Waals surface area contributed by atoms with Crippen LogP contribution in [0, 0.1) is 17.8 Å². The quantitative estimate of drug-likeness (QED) is 0.836. The van der Waals surface area contributed by atoms with Gasteiger partial charge in [-0.2, -0.15) is 0 Å². The van der Waals surface area contributed by atoms with Gasteiger partial charge in [0, 0.05) is 5.92 Å². The summed E-state index contributed by atoms with van der Waals surface area (Å²) in [6.45, 7) is 5.14. The number of nitrogens with one attached hydrogen (secondary N) is 1. The molecule has 1 saturated heterocycles. The van der Waals surface area contributed by atoms with Crippen LogP contribution in [-0.4, -0.2) is 43.5 Å². The van der Waals surface area contributed by atoms with Crippen LogP contribution < -0.4 is 4.90 Å². The van der Waals surface area contributed by atoms with E-state index in [4.69, 9.17) is 4.42 Å². The van der Waals surface area contributed by atoms with E-state index in [9.17, 15) is 4.79 Å². The van der Waals surface area contributed by atoms with E-state index in [1.807, 2.05) is 4.90 Å². The lowest BCUT2D eigenvalue weighted by Gasteiger charge is -2.34. The molecule has 1 aromatic heterocycles. The number of hydrogen-bond donors (Lipinski definition) is 1. The third kappa shape index (κ3) is 2.53. The Hall–Kier alpha value is -1.55. The lowest BCUT2D eigenvalue weighted by molar-refractivity contribution is -0.907. The highest BCUT2D eigenvalue weighted by atomic mass is 16.3. The molecule has 0 spiro atoms. The standard InChI is InChI=1S/C17H22N2O2/c20-17(16-2-1-9-21-16)19-7-5-18(6-8-19)12-15-11-13-3-4-14(15)10-13/h1-4,9,13-15H,5-8,10-12H2/p+1/t13-,14+,15-/m1/s1. The summed E-state index contributed by atoms with van der Waals surface area (Å²) >= 11 is 0. The monoisotopic (exact) mass is 287 g/mol. The second kappa shape index (κ2) is 5.34. The first-order valence-electron chi connectivity index (χ1n) is 8.14. The number of nitrogens with zero attached hydrogens (tertiary/aromatic N) is 1. The van der Waals surface area contributed by atoms with Crippen LogP contribution in [0.25, 0.3) is 0 Å². The van der Waals surface area contributed by atoms with Gasteiger partial charge in [0.2, 0.25) is 0 Å². The van der Waals surface area contributed by atoms with Crippen LogP contribution in [0.5, 0.6) is 0 Å². The van der Waals surface area contributed by atoms with Crippen molar-refractivity contribution in [3.8, 4) is 0 Å². The summed E-state index contributed by atoms with van der Waals surface area (Å²) in [6.07, 6.45) is 9.20. The zero-order valence-corrected chi connectivity index (χ0v) is 12.3. The van der Waals surface area contributed by atoms with Gasteiger partial charge in [0.25, 0.3) is 5.91 Å². The van der Waals surface area contributed by atoms with Crippen molar-refractivity contribution in [2.45, 2.75) is 12.8 Å². The molecule has 4 heteroatoms. The number of fused-ring (bicyclic) bond motifs is 2. The Balaban J connectivity index is 1.29. The fourth-order valence-corrected chi connectivity index (χ4v) is 4.29. The minimum absolute atomic E-state index is 0.0434. The number of hydrogen-bond acceptors (Lipinski definition) is 2. The topological polar surface area (TPSA) is 37.9 Å². The first-order valence-corrected chi connectivity index (χ1v) is 8.14. The normalized spacial score (nSPS) is 32.0. The molecule has 2 aliphatic carbocycles. The lowest BCUT2D eigenvalue weighted by atomic mass is 9.93. The molecule has 112 valence electrons. The predicted molar refractivity (Wildman–Crippen MR) is 79.0 cm³/mol. The molecular formula is C17H23N2O2+. The zero-order chi connectivity index (χ0) is 14.2. The number of furan rings is 1. The Labute approximate surface area is 125 Å². The average molecular weight is 287 g/mol. The summed E-state index contributed by atoms with van der Waals surface area (Å²) in [5, 5.41) is 0. The molecule has 0 aromatic carbocycles. The number of piperazine rings is 1. The van der Waals surface area contributed by atoms with Crippen molar-refractivity contribution in [1.29, 1.82) is 0 Å². The molecule has 1 N–H and O–H groups in total. The van der Waals surface area contributed by atoms with E-state index in [0.29, 0.717) is 5.76 Å². The van der Waals surface area contributed by atoms with Crippen LogP contribution in [0.3, 0.4) is 0 Å². The van der Waals surface area contributed by atoms with E-state index < -0.39 is 0 Å². The van der Waals surface area contributed by atoms with Crippen LogP contribution in [-0.2, 0) is 0 Å². The molecule has 1 saturated carbocycles. The van der Waals surface area contributed by atoms with E-state index in [2.05, 4.69) is 12.2 Å². The fraction of sp³-hybridized carbons (Fsp3) is 0.588. The summed E-state index contributed by atoms with van der Waals surface area (Å²) in [4.78, 5) is 15.8. The fourth-order valence-electron chi connectivity index (χ4n) is 4.29. The van der Waals surface area contributed by atoms with Crippen molar-refractivity contribution < 1.29 is 14.1 Å². The first-order chi connectivity index (χ1) is 10.3. The van der Waals surface area contributed by atoms with Gasteiger partial charge in [-0.05, 0) is 36.8 Å². The Bertz CT molecular complexity index is 529. The second-order valence-electron chi connectivity index (χ2n) is 6.76. The molecular weight excluding hydrogens is 264 g/mol. The van der Waals surface area contributed by atoms with Crippen molar-refractivity contribution in [3.63, 3.8) is 0 Å². The smallest absolute Gasteiger partial charge is 0.289 e. The van der Waals surface area contributed by atoms with Crippen LogP contribution in [0.15, 0.2) is 35.0 Å². The first kappa shape index (κ1) is 13.1.